The number of aryl methyl sites for hydroxylation is 2. The minimum Gasteiger partial charge on any atom is -0.370 e. The molecule has 4 nitrogen and oxygen atoms in total. The second-order valence-electron chi connectivity index (χ2n) is 5.18. The van der Waals surface area contributed by atoms with E-state index in [2.05, 4.69) is 35.6 Å². The van der Waals surface area contributed by atoms with E-state index in [1.807, 2.05) is 25.1 Å². The highest BCUT2D eigenvalue weighted by atomic mass is 32.2. The molecule has 0 saturated carbocycles. The summed E-state index contributed by atoms with van der Waals surface area (Å²) in [6.07, 6.45) is 0. The van der Waals surface area contributed by atoms with Crippen LogP contribution in [0.15, 0.2) is 40.6 Å². The summed E-state index contributed by atoms with van der Waals surface area (Å²) in [5, 5.41) is 0. The van der Waals surface area contributed by atoms with Gasteiger partial charge < -0.3 is 4.90 Å². The van der Waals surface area contributed by atoms with Gasteiger partial charge in [0.25, 0.3) is 0 Å². The maximum absolute atomic E-state index is 12.2. The zero-order chi connectivity index (χ0) is 16.2. The Morgan fingerprint density at radius 1 is 1.18 bits per heavy atom. The molecule has 120 valence electrons. The Morgan fingerprint density at radius 3 is 2.55 bits per heavy atom. The van der Waals surface area contributed by atoms with E-state index in [9.17, 15) is 8.42 Å². The first kappa shape index (κ1) is 17.0. The van der Waals surface area contributed by atoms with Crippen LogP contribution < -0.4 is 9.62 Å². The first-order valence-electron chi connectivity index (χ1n) is 7.30. The van der Waals surface area contributed by atoms with Gasteiger partial charge in [0.15, 0.2) is 0 Å². The Bertz CT molecular complexity index is 723. The van der Waals surface area contributed by atoms with Crippen LogP contribution in [0.1, 0.15) is 17.4 Å². The number of anilines is 1. The minimum atomic E-state index is -3.39. The molecule has 22 heavy (non-hydrogen) atoms. The van der Waals surface area contributed by atoms with Crippen molar-refractivity contribution >= 4 is 27.0 Å². The third-order valence-corrected chi connectivity index (χ3v) is 6.36. The third-order valence-electron chi connectivity index (χ3n) is 3.40. The van der Waals surface area contributed by atoms with Crippen molar-refractivity contribution in [3.63, 3.8) is 0 Å². The predicted molar refractivity (Wildman–Crippen MR) is 93.3 cm³/mol. The van der Waals surface area contributed by atoms with E-state index in [-0.39, 0.29) is 0 Å². The molecule has 0 spiro atoms. The van der Waals surface area contributed by atoms with E-state index in [0.717, 1.165) is 17.1 Å². The lowest BCUT2D eigenvalue weighted by Crippen LogP contribution is -2.34. The molecule has 0 atom stereocenters. The van der Waals surface area contributed by atoms with Crippen molar-refractivity contribution in [1.29, 1.82) is 0 Å². The number of sulfonamides is 1. The summed E-state index contributed by atoms with van der Waals surface area (Å²) in [6, 6.07) is 11.7. The zero-order valence-corrected chi connectivity index (χ0v) is 14.8. The molecular formula is C16H22N2O2S2. The molecule has 1 N–H and O–H groups in total. The highest BCUT2D eigenvalue weighted by Crippen LogP contribution is 2.20. The summed E-state index contributed by atoms with van der Waals surface area (Å²) >= 11 is 1.29. The molecule has 0 unspecified atom stereocenters. The Morgan fingerprint density at radius 2 is 1.95 bits per heavy atom. The van der Waals surface area contributed by atoms with Crippen molar-refractivity contribution in [3.8, 4) is 0 Å². The summed E-state index contributed by atoms with van der Waals surface area (Å²) in [4.78, 5) is 3.16. The van der Waals surface area contributed by atoms with Crippen molar-refractivity contribution < 1.29 is 8.42 Å². The first-order valence-corrected chi connectivity index (χ1v) is 9.60. The average molecular weight is 338 g/mol. The Hall–Kier alpha value is -1.37. The van der Waals surface area contributed by atoms with Gasteiger partial charge in [-0.2, -0.15) is 0 Å². The van der Waals surface area contributed by atoms with Gasteiger partial charge >= 0.3 is 0 Å². The number of nitrogens with zero attached hydrogens (tertiary/aromatic N) is 1. The number of likely N-dealkylation sites (N-methyl/N-ethyl adjacent to an activating group) is 1. The van der Waals surface area contributed by atoms with Gasteiger partial charge in [-0.3, -0.25) is 0 Å². The monoisotopic (exact) mass is 338 g/mol. The number of hydrogen-bond acceptors (Lipinski definition) is 4. The SMILES string of the molecule is CCN(CCNS(=O)(=O)c1ccc(C)s1)c1cccc(C)c1. The highest BCUT2D eigenvalue weighted by Gasteiger charge is 2.16. The molecule has 0 aliphatic rings. The summed E-state index contributed by atoms with van der Waals surface area (Å²) in [6.45, 7) is 7.90. The summed E-state index contributed by atoms with van der Waals surface area (Å²) in [5.41, 5.74) is 2.32. The van der Waals surface area contributed by atoms with Crippen molar-refractivity contribution in [1.82, 2.24) is 4.72 Å². The van der Waals surface area contributed by atoms with Crippen LogP contribution in [-0.4, -0.2) is 28.1 Å². The van der Waals surface area contributed by atoms with E-state index in [1.54, 1.807) is 6.07 Å². The minimum absolute atomic E-state index is 0.378. The second-order valence-corrected chi connectivity index (χ2v) is 8.46. The van der Waals surface area contributed by atoms with Gasteiger partial charge in [-0.1, -0.05) is 12.1 Å². The van der Waals surface area contributed by atoms with E-state index in [1.165, 1.54) is 16.9 Å². The number of rotatable bonds is 7. The Labute approximate surface area is 136 Å². The second kappa shape index (κ2) is 7.26. The molecule has 2 rings (SSSR count). The quantitative estimate of drug-likeness (QED) is 0.843. The van der Waals surface area contributed by atoms with Gasteiger partial charge in [-0.15, -0.1) is 11.3 Å². The first-order chi connectivity index (χ1) is 10.4. The molecule has 0 aliphatic carbocycles. The van der Waals surface area contributed by atoms with E-state index < -0.39 is 10.0 Å². The fourth-order valence-corrected chi connectivity index (χ4v) is 4.59. The maximum atomic E-state index is 12.2. The lowest BCUT2D eigenvalue weighted by atomic mass is 10.2. The normalized spacial score (nSPS) is 11.6. The van der Waals surface area contributed by atoms with E-state index in [0.29, 0.717) is 17.3 Å². The van der Waals surface area contributed by atoms with Crippen molar-refractivity contribution in [2.75, 3.05) is 24.5 Å². The molecule has 1 aromatic carbocycles. The van der Waals surface area contributed by atoms with Crippen LogP contribution in [0.2, 0.25) is 0 Å². The number of benzene rings is 1. The number of thiophene rings is 1. The largest absolute Gasteiger partial charge is 0.370 e. The topological polar surface area (TPSA) is 49.4 Å². The van der Waals surface area contributed by atoms with E-state index in [4.69, 9.17) is 0 Å². The molecule has 6 heteroatoms. The molecule has 0 fully saturated rings. The van der Waals surface area contributed by atoms with Crippen molar-refractivity contribution in [2.45, 2.75) is 25.0 Å². The van der Waals surface area contributed by atoms with Gasteiger partial charge in [0.1, 0.15) is 4.21 Å². The molecular weight excluding hydrogens is 316 g/mol. The molecule has 0 radical (unpaired) electrons. The van der Waals surface area contributed by atoms with Crippen LogP contribution in [0.25, 0.3) is 0 Å². The smallest absolute Gasteiger partial charge is 0.250 e. The maximum Gasteiger partial charge on any atom is 0.250 e. The predicted octanol–water partition coefficient (Wildman–Crippen LogP) is 3.17. The van der Waals surface area contributed by atoms with Gasteiger partial charge in [0, 0.05) is 30.2 Å². The fraction of sp³-hybridized carbons (Fsp3) is 0.375. The Kier molecular flexibility index (Phi) is 5.61. The van der Waals surface area contributed by atoms with Crippen LogP contribution in [0.5, 0.6) is 0 Å². The molecule has 0 amide bonds. The Balaban J connectivity index is 1.97. The molecule has 0 saturated heterocycles. The van der Waals surface area contributed by atoms with Crippen LogP contribution in [0, 0.1) is 13.8 Å². The van der Waals surface area contributed by atoms with Crippen LogP contribution >= 0.6 is 11.3 Å². The van der Waals surface area contributed by atoms with Crippen LogP contribution in [-0.2, 0) is 10.0 Å². The third kappa shape index (κ3) is 4.32. The van der Waals surface area contributed by atoms with Crippen molar-refractivity contribution in [3.05, 3.63) is 46.8 Å². The van der Waals surface area contributed by atoms with Crippen LogP contribution in [0.3, 0.4) is 0 Å². The summed E-state index contributed by atoms with van der Waals surface area (Å²) in [5.74, 6) is 0. The zero-order valence-electron chi connectivity index (χ0n) is 13.2. The van der Waals surface area contributed by atoms with Gasteiger partial charge in [0.05, 0.1) is 0 Å². The fourth-order valence-electron chi connectivity index (χ4n) is 2.24. The average Bonchev–Trinajstić information content (AvgIpc) is 2.91. The van der Waals surface area contributed by atoms with Crippen LogP contribution in [0.4, 0.5) is 5.69 Å². The molecule has 2 aromatic rings. The molecule has 1 heterocycles. The molecule has 1 aromatic heterocycles. The van der Waals surface area contributed by atoms with Gasteiger partial charge in [-0.05, 0) is 50.6 Å². The highest BCUT2D eigenvalue weighted by molar-refractivity contribution is 7.91. The standard InChI is InChI=1S/C16H22N2O2S2/c1-4-18(15-7-5-6-13(2)12-15)11-10-17-22(19,20)16-9-8-14(3)21-16/h5-9,12,17H,4,10-11H2,1-3H3. The van der Waals surface area contributed by atoms with Crippen molar-refractivity contribution in [2.24, 2.45) is 0 Å². The summed E-state index contributed by atoms with van der Waals surface area (Å²) < 4.78 is 27.4. The van der Waals surface area contributed by atoms with Gasteiger partial charge in [0.2, 0.25) is 10.0 Å². The number of nitrogens with one attached hydrogen (secondary N) is 1. The van der Waals surface area contributed by atoms with Gasteiger partial charge in [-0.25, -0.2) is 13.1 Å². The van der Waals surface area contributed by atoms with E-state index >= 15 is 0 Å². The lowest BCUT2D eigenvalue weighted by molar-refractivity contribution is 0.583. The molecule has 0 aliphatic heterocycles. The molecule has 0 bridgehead atoms. The summed E-state index contributed by atoms with van der Waals surface area (Å²) in [7, 11) is -3.39. The number of hydrogen-bond donors (Lipinski definition) is 1. The lowest BCUT2D eigenvalue weighted by Gasteiger charge is -2.23.